The normalized spacial score (nSPS) is 21.5. The highest BCUT2D eigenvalue weighted by Crippen LogP contribution is 2.45. The maximum atomic E-state index is 10.4. The Morgan fingerprint density at radius 1 is 1.33 bits per heavy atom. The molecule has 2 aromatic rings. The van der Waals surface area contributed by atoms with Crippen LogP contribution in [0.2, 0.25) is 5.02 Å². The minimum atomic E-state index is -0.446. The summed E-state index contributed by atoms with van der Waals surface area (Å²) in [6, 6.07) is 8.10. The van der Waals surface area contributed by atoms with Gasteiger partial charge in [-0.3, -0.25) is 4.90 Å². The van der Waals surface area contributed by atoms with Crippen LogP contribution in [0.3, 0.4) is 0 Å². The van der Waals surface area contributed by atoms with Gasteiger partial charge >= 0.3 is 0 Å². The molecular formula is C17H19ClN2O. The third kappa shape index (κ3) is 2.24. The Kier molecular flexibility index (Phi) is 3.00. The first-order valence-electron chi connectivity index (χ1n) is 7.55. The molecule has 0 amide bonds. The van der Waals surface area contributed by atoms with Gasteiger partial charge in [0, 0.05) is 25.0 Å². The maximum absolute atomic E-state index is 10.4. The van der Waals surface area contributed by atoms with Gasteiger partial charge in [-0.15, -0.1) is 0 Å². The molecule has 0 atom stereocenters. The first-order chi connectivity index (χ1) is 10.1. The predicted molar refractivity (Wildman–Crippen MR) is 84.4 cm³/mol. The second-order valence-corrected chi connectivity index (χ2v) is 6.92. The number of aromatic nitrogens is 1. The lowest BCUT2D eigenvalue weighted by molar-refractivity contribution is -0.116. The molecule has 0 spiro atoms. The maximum Gasteiger partial charge on any atom is 0.0928 e. The number of aliphatic hydroxyl groups is 1. The molecule has 0 unspecified atom stereocenters. The van der Waals surface area contributed by atoms with Crippen molar-refractivity contribution < 1.29 is 5.11 Å². The van der Waals surface area contributed by atoms with Crippen LogP contribution in [0.15, 0.2) is 24.3 Å². The van der Waals surface area contributed by atoms with Gasteiger partial charge in [-0.25, -0.2) is 4.98 Å². The van der Waals surface area contributed by atoms with Crippen LogP contribution in [0.1, 0.15) is 24.1 Å². The number of aryl methyl sites for hydroxylation is 1. The van der Waals surface area contributed by atoms with Crippen molar-refractivity contribution in [3.63, 3.8) is 0 Å². The Hall–Kier alpha value is -1.16. The van der Waals surface area contributed by atoms with E-state index in [1.807, 2.05) is 25.1 Å². The number of pyridine rings is 1. The van der Waals surface area contributed by atoms with Gasteiger partial charge in [-0.05, 0) is 37.3 Å². The average molecular weight is 303 g/mol. The first kappa shape index (κ1) is 13.5. The van der Waals surface area contributed by atoms with Gasteiger partial charge in [-0.2, -0.15) is 0 Å². The van der Waals surface area contributed by atoms with Crippen LogP contribution in [0.25, 0.3) is 10.9 Å². The summed E-state index contributed by atoms with van der Waals surface area (Å²) in [6.45, 7) is 4.27. The van der Waals surface area contributed by atoms with Crippen molar-refractivity contribution in [1.82, 2.24) is 9.88 Å². The number of halogens is 1. The summed E-state index contributed by atoms with van der Waals surface area (Å²) in [5.41, 5.74) is 2.56. The molecule has 1 aliphatic carbocycles. The van der Waals surface area contributed by atoms with Crippen LogP contribution in [0.5, 0.6) is 0 Å². The molecule has 1 N–H and O–H groups in total. The Bertz CT molecular complexity index is 705. The average Bonchev–Trinajstić information content (AvgIpc) is 3.27. The molecule has 4 heteroatoms. The van der Waals surface area contributed by atoms with Crippen LogP contribution in [-0.4, -0.2) is 33.7 Å². The summed E-state index contributed by atoms with van der Waals surface area (Å²) in [5, 5.41) is 12.3. The smallest absolute Gasteiger partial charge is 0.0928 e. The van der Waals surface area contributed by atoms with Gasteiger partial charge in [0.25, 0.3) is 0 Å². The number of hydrogen-bond acceptors (Lipinski definition) is 3. The van der Waals surface area contributed by atoms with Gasteiger partial charge in [0.05, 0.1) is 21.8 Å². The molecule has 1 saturated carbocycles. The monoisotopic (exact) mass is 302 g/mol. The molecule has 3 nitrogen and oxygen atoms in total. The molecular weight excluding hydrogens is 284 g/mol. The standard InChI is InChI=1S/C17H19ClN2O/c1-11-13-4-2-3-5-14(13)19-15(16(11)18)8-20-9-17(21,10-20)12-6-7-12/h2-5,12,21H,6-10H2,1H3. The van der Waals surface area contributed by atoms with Crippen molar-refractivity contribution >= 4 is 22.5 Å². The molecule has 2 heterocycles. The second kappa shape index (κ2) is 4.67. The van der Waals surface area contributed by atoms with Gasteiger partial charge < -0.3 is 5.11 Å². The third-order valence-corrected chi connectivity index (χ3v) is 5.35. The van der Waals surface area contributed by atoms with Gasteiger partial charge in [0.15, 0.2) is 0 Å². The largest absolute Gasteiger partial charge is 0.387 e. The van der Waals surface area contributed by atoms with E-state index in [9.17, 15) is 5.11 Å². The molecule has 4 rings (SSSR count). The zero-order valence-corrected chi connectivity index (χ0v) is 12.9. The second-order valence-electron chi connectivity index (χ2n) is 6.54. The first-order valence-corrected chi connectivity index (χ1v) is 7.93. The highest BCUT2D eigenvalue weighted by atomic mass is 35.5. The predicted octanol–water partition coefficient (Wildman–Crippen LogP) is 3.15. The zero-order valence-electron chi connectivity index (χ0n) is 12.1. The summed E-state index contributed by atoms with van der Waals surface area (Å²) >= 11 is 6.49. The van der Waals surface area contributed by atoms with Crippen LogP contribution < -0.4 is 0 Å². The van der Waals surface area contributed by atoms with E-state index < -0.39 is 5.60 Å². The molecule has 0 radical (unpaired) electrons. The van der Waals surface area contributed by atoms with Gasteiger partial charge in [0.1, 0.15) is 0 Å². The van der Waals surface area contributed by atoms with Crippen LogP contribution in [-0.2, 0) is 6.54 Å². The van der Waals surface area contributed by atoms with Crippen molar-refractivity contribution in [3.05, 3.63) is 40.5 Å². The summed E-state index contributed by atoms with van der Waals surface area (Å²) in [5.74, 6) is 0.524. The SMILES string of the molecule is Cc1c(Cl)c(CN2CC(O)(C3CC3)C2)nc2ccccc12. The number of hydrogen-bond donors (Lipinski definition) is 1. The van der Waals surface area contributed by atoms with Crippen LogP contribution in [0, 0.1) is 12.8 Å². The summed E-state index contributed by atoms with van der Waals surface area (Å²) in [6.07, 6.45) is 2.36. The van der Waals surface area contributed by atoms with E-state index in [4.69, 9.17) is 16.6 Å². The van der Waals surface area contributed by atoms with Gasteiger partial charge in [-0.1, -0.05) is 29.8 Å². The quantitative estimate of drug-likeness (QED) is 0.946. The van der Waals surface area contributed by atoms with E-state index in [0.29, 0.717) is 5.92 Å². The lowest BCUT2D eigenvalue weighted by Crippen LogP contribution is -2.62. The molecule has 1 aromatic carbocycles. The molecule has 1 saturated heterocycles. The van der Waals surface area contributed by atoms with E-state index in [1.54, 1.807) is 0 Å². The molecule has 1 aromatic heterocycles. The fourth-order valence-electron chi connectivity index (χ4n) is 3.45. The summed E-state index contributed by atoms with van der Waals surface area (Å²) in [4.78, 5) is 6.95. The third-order valence-electron chi connectivity index (χ3n) is 4.85. The molecule has 2 aliphatic rings. The number of β-amino-alcohol motifs (C(OH)–C–C–N with tert-alkyl or cyclic N) is 1. The number of fused-ring (bicyclic) bond motifs is 1. The minimum Gasteiger partial charge on any atom is -0.387 e. The van der Waals surface area contributed by atoms with Crippen LogP contribution >= 0.6 is 11.6 Å². The molecule has 0 bridgehead atoms. The number of rotatable bonds is 3. The highest BCUT2D eigenvalue weighted by molar-refractivity contribution is 6.32. The Labute approximate surface area is 129 Å². The van der Waals surface area contributed by atoms with Crippen molar-refractivity contribution in [2.24, 2.45) is 5.92 Å². The fraction of sp³-hybridized carbons (Fsp3) is 0.471. The topological polar surface area (TPSA) is 36.4 Å². The minimum absolute atomic E-state index is 0.446. The zero-order chi connectivity index (χ0) is 14.6. The highest BCUT2D eigenvalue weighted by Gasteiger charge is 2.51. The van der Waals surface area contributed by atoms with Crippen LogP contribution in [0.4, 0.5) is 0 Å². The van der Waals surface area contributed by atoms with Crippen molar-refractivity contribution in [2.45, 2.75) is 31.9 Å². The van der Waals surface area contributed by atoms with E-state index in [2.05, 4.69) is 11.0 Å². The molecule has 110 valence electrons. The van der Waals surface area contributed by atoms with E-state index >= 15 is 0 Å². The van der Waals surface area contributed by atoms with Crippen molar-refractivity contribution in [1.29, 1.82) is 0 Å². The Morgan fingerprint density at radius 2 is 2.05 bits per heavy atom. The Morgan fingerprint density at radius 3 is 2.76 bits per heavy atom. The number of benzene rings is 1. The summed E-state index contributed by atoms with van der Waals surface area (Å²) < 4.78 is 0. The Balaban J connectivity index is 1.58. The van der Waals surface area contributed by atoms with Crippen molar-refractivity contribution in [2.75, 3.05) is 13.1 Å². The number of likely N-dealkylation sites (tertiary alicyclic amines) is 1. The summed E-state index contributed by atoms with van der Waals surface area (Å²) in [7, 11) is 0. The van der Waals surface area contributed by atoms with E-state index in [-0.39, 0.29) is 0 Å². The van der Waals surface area contributed by atoms with Crippen molar-refractivity contribution in [3.8, 4) is 0 Å². The molecule has 2 fully saturated rings. The molecule has 21 heavy (non-hydrogen) atoms. The lowest BCUT2D eigenvalue weighted by atomic mass is 9.88. The number of nitrogens with zero attached hydrogens (tertiary/aromatic N) is 2. The van der Waals surface area contributed by atoms with Gasteiger partial charge in [0.2, 0.25) is 0 Å². The van der Waals surface area contributed by atoms with E-state index in [1.165, 1.54) is 12.8 Å². The lowest BCUT2D eigenvalue weighted by Gasteiger charge is -2.47. The number of para-hydroxylation sites is 1. The molecule has 1 aliphatic heterocycles. The fourth-order valence-corrected chi connectivity index (χ4v) is 3.66. The van der Waals surface area contributed by atoms with E-state index in [0.717, 1.165) is 46.8 Å².